The van der Waals surface area contributed by atoms with Gasteiger partial charge in [0.15, 0.2) is 5.83 Å². The molecule has 0 radical (unpaired) electrons. The second-order valence-corrected chi connectivity index (χ2v) is 12.6. The van der Waals surface area contributed by atoms with Gasteiger partial charge in [0.1, 0.15) is 12.4 Å². The Labute approximate surface area is 259 Å². The molecule has 44 heavy (non-hydrogen) atoms. The Bertz CT molecular complexity index is 1440. The van der Waals surface area contributed by atoms with Crippen molar-refractivity contribution < 1.29 is 13.9 Å². The number of ether oxygens (including phenoxy) is 1. The average Bonchev–Trinajstić information content (AvgIpc) is 3.31. The lowest BCUT2D eigenvalue weighted by Gasteiger charge is -2.41. The van der Waals surface area contributed by atoms with Crippen LogP contribution in [0, 0.1) is 11.3 Å². The summed E-state index contributed by atoms with van der Waals surface area (Å²) >= 11 is 0. The molecule has 234 valence electrons. The minimum absolute atomic E-state index is 0.0995. The number of aromatic nitrogens is 2. The van der Waals surface area contributed by atoms with Crippen LogP contribution in [-0.2, 0) is 30.6 Å². The van der Waals surface area contributed by atoms with E-state index in [1.165, 1.54) is 21.7 Å². The van der Waals surface area contributed by atoms with Crippen LogP contribution in [0.5, 0.6) is 6.01 Å². The fraction of sp³-hybridized carbons (Fsp3) is 0.576. The molecule has 0 unspecified atom stereocenters. The van der Waals surface area contributed by atoms with Crippen molar-refractivity contribution in [2.24, 2.45) is 0 Å². The summed E-state index contributed by atoms with van der Waals surface area (Å²) < 4.78 is 20.1. The van der Waals surface area contributed by atoms with E-state index in [-0.39, 0.29) is 13.0 Å². The number of hydrogen-bond acceptors (Lipinski definition) is 9. The van der Waals surface area contributed by atoms with Crippen LogP contribution in [0.25, 0.3) is 0 Å². The number of nitriles is 1. The molecule has 11 heteroatoms. The number of carbonyl (C=O) groups excluding carboxylic acids is 1. The molecule has 2 saturated heterocycles. The van der Waals surface area contributed by atoms with Crippen LogP contribution in [0.2, 0.25) is 0 Å². The molecule has 0 spiro atoms. The Balaban J connectivity index is 1.29. The van der Waals surface area contributed by atoms with E-state index < -0.39 is 17.8 Å². The van der Waals surface area contributed by atoms with Gasteiger partial charge in [0.05, 0.1) is 24.2 Å². The van der Waals surface area contributed by atoms with Gasteiger partial charge in [0, 0.05) is 69.5 Å². The molecule has 6 rings (SSSR count). The summed E-state index contributed by atoms with van der Waals surface area (Å²) in [5.41, 5.74) is 6.24. The van der Waals surface area contributed by atoms with Gasteiger partial charge in [-0.3, -0.25) is 4.79 Å². The minimum Gasteiger partial charge on any atom is -0.462 e. The van der Waals surface area contributed by atoms with Gasteiger partial charge >= 0.3 is 6.01 Å². The van der Waals surface area contributed by atoms with E-state index in [9.17, 15) is 14.4 Å². The third kappa shape index (κ3) is 6.24. The predicted octanol–water partition coefficient (Wildman–Crippen LogP) is 2.96. The molecule has 2 aromatic rings. The molecule has 1 aromatic carbocycles. The maximum atomic E-state index is 13.8. The quantitative estimate of drug-likeness (QED) is 0.444. The Morgan fingerprint density at radius 3 is 2.64 bits per heavy atom. The lowest BCUT2D eigenvalue weighted by molar-refractivity contribution is -0.131. The van der Waals surface area contributed by atoms with Crippen LogP contribution in [0.3, 0.4) is 0 Å². The Kier molecular flexibility index (Phi) is 9.01. The number of nitrogens with zero attached hydrogens (tertiary/aromatic N) is 8. The Morgan fingerprint density at radius 2 is 1.86 bits per heavy atom. The first-order valence-electron chi connectivity index (χ1n) is 15.9. The molecular formula is C33H43FN8O2. The molecule has 1 aromatic heterocycles. The average molecular weight is 603 g/mol. The number of fused-ring (bicyclic) bond motifs is 2. The van der Waals surface area contributed by atoms with Crippen molar-refractivity contribution >= 4 is 17.4 Å². The highest BCUT2D eigenvalue weighted by atomic mass is 19.1. The summed E-state index contributed by atoms with van der Waals surface area (Å²) in [6.45, 7) is 9.64. The van der Waals surface area contributed by atoms with Gasteiger partial charge in [-0.2, -0.15) is 15.2 Å². The van der Waals surface area contributed by atoms with E-state index in [1.807, 2.05) is 0 Å². The fourth-order valence-corrected chi connectivity index (χ4v) is 7.26. The van der Waals surface area contributed by atoms with Gasteiger partial charge in [0.25, 0.3) is 5.91 Å². The third-order valence-corrected chi connectivity index (χ3v) is 9.75. The zero-order valence-electron chi connectivity index (χ0n) is 26.0. The second-order valence-electron chi connectivity index (χ2n) is 12.6. The number of halogens is 1. The summed E-state index contributed by atoms with van der Waals surface area (Å²) in [6, 6.07) is 9.09. The number of rotatable bonds is 7. The van der Waals surface area contributed by atoms with Crippen LogP contribution in [0.4, 0.5) is 15.9 Å². The maximum absolute atomic E-state index is 13.8. The van der Waals surface area contributed by atoms with Crippen LogP contribution in [-0.4, -0.2) is 109 Å². The van der Waals surface area contributed by atoms with Gasteiger partial charge in [-0.1, -0.05) is 18.7 Å². The number of hydrogen-bond donors (Lipinski definition) is 0. The van der Waals surface area contributed by atoms with Crippen molar-refractivity contribution in [3.8, 4) is 12.1 Å². The highest BCUT2D eigenvalue weighted by molar-refractivity contribution is 5.91. The summed E-state index contributed by atoms with van der Waals surface area (Å²) in [6.07, 6.45) is 4.91. The van der Waals surface area contributed by atoms with Gasteiger partial charge in [-0.05, 0) is 63.5 Å². The van der Waals surface area contributed by atoms with Gasteiger partial charge in [-0.25, -0.2) is 4.39 Å². The first-order chi connectivity index (χ1) is 21.3. The van der Waals surface area contributed by atoms with Gasteiger partial charge < -0.3 is 29.2 Å². The number of benzene rings is 1. The first-order valence-corrected chi connectivity index (χ1v) is 15.9. The molecule has 2 atom stereocenters. The standard InChI is InChI=1S/C33H43FN8O2/c1-23(34)32(43)42-19-18-41(21-25(42)9-13-35)31-28-11-16-40(30-8-4-6-24-20-38(2)15-10-27(24)30)17-12-29(28)36-33(37-31)44-22-26-7-5-14-39(26)3/h4,6,8,25-26H,1,5,7,9-12,14-22H2,2-3H3/t25-,26-/m0/s1. The van der Waals surface area contributed by atoms with E-state index in [1.54, 1.807) is 0 Å². The molecule has 0 aliphatic carbocycles. The summed E-state index contributed by atoms with van der Waals surface area (Å²) in [4.78, 5) is 33.3. The lowest BCUT2D eigenvalue weighted by atomic mass is 9.97. The van der Waals surface area contributed by atoms with Gasteiger partial charge in [-0.15, -0.1) is 0 Å². The summed E-state index contributed by atoms with van der Waals surface area (Å²) in [7, 11) is 4.30. The number of anilines is 2. The molecular weight excluding hydrogens is 559 g/mol. The van der Waals surface area contributed by atoms with Crippen molar-refractivity contribution in [3.63, 3.8) is 0 Å². The van der Waals surface area contributed by atoms with E-state index in [0.717, 1.165) is 81.9 Å². The first kappa shape index (κ1) is 30.3. The van der Waals surface area contributed by atoms with Crippen LogP contribution in [0.15, 0.2) is 30.6 Å². The van der Waals surface area contributed by atoms with Crippen LogP contribution in [0.1, 0.15) is 41.6 Å². The Hall–Kier alpha value is -3.75. The molecule has 0 N–H and O–H groups in total. The van der Waals surface area contributed by atoms with Crippen LogP contribution >= 0.6 is 0 Å². The van der Waals surface area contributed by atoms with Crippen LogP contribution < -0.4 is 14.5 Å². The second kappa shape index (κ2) is 13.1. The van der Waals surface area contributed by atoms with Crippen molar-refractivity contribution in [1.82, 2.24) is 24.7 Å². The molecule has 4 aliphatic rings. The molecule has 1 amide bonds. The fourth-order valence-electron chi connectivity index (χ4n) is 7.26. The zero-order chi connectivity index (χ0) is 30.8. The maximum Gasteiger partial charge on any atom is 0.318 e. The summed E-state index contributed by atoms with van der Waals surface area (Å²) in [5.74, 6) is -0.943. The Morgan fingerprint density at radius 1 is 1.05 bits per heavy atom. The molecule has 0 bridgehead atoms. The van der Waals surface area contributed by atoms with E-state index >= 15 is 0 Å². The van der Waals surface area contributed by atoms with E-state index in [4.69, 9.17) is 14.7 Å². The number of likely N-dealkylation sites (N-methyl/N-ethyl adjacent to an activating group) is 2. The highest BCUT2D eigenvalue weighted by Gasteiger charge is 2.35. The minimum atomic E-state index is -1.00. The topological polar surface area (TPSA) is 92.1 Å². The zero-order valence-corrected chi connectivity index (χ0v) is 26.0. The number of piperazine rings is 1. The molecule has 10 nitrogen and oxygen atoms in total. The van der Waals surface area contributed by atoms with Crippen molar-refractivity contribution in [3.05, 3.63) is 53.0 Å². The largest absolute Gasteiger partial charge is 0.462 e. The third-order valence-electron chi connectivity index (χ3n) is 9.75. The predicted molar refractivity (Wildman–Crippen MR) is 167 cm³/mol. The molecule has 4 aliphatic heterocycles. The van der Waals surface area contributed by atoms with E-state index in [0.29, 0.717) is 31.7 Å². The van der Waals surface area contributed by atoms with E-state index in [2.05, 4.69) is 64.5 Å². The molecule has 5 heterocycles. The number of amides is 1. The van der Waals surface area contributed by atoms with Crippen molar-refractivity contribution in [2.75, 3.05) is 76.3 Å². The number of carbonyl (C=O) groups is 1. The monoisotopic (exact) mass is 602 g/mol. The summed E-state index contributed by atoms with van der Waals surface area (Å²) in [5, 5.41) is 9.54. The molecule has 0 saturated carbocycles. The molecule has 2 fully saturated rings. The smallest absolute Gasteiger partial charge is 0.318 e. The van der Waals surface area contributed by atoms with Crippen molar-refractivity contribution in [2.45, 2.75) is 57.2 Å². The lowest BCUT2D eigenvalue weighted by Crippen LogP contribution is -2.55. The SMILES string of the molecule is C=C(F)C(=O)N1CCN(c2nc(OC[C@@H]3CCCN3C)nc3c2CCN(c2cccc4c2CCN(C)C4)CC3)C[C@@H]1CC#N. The number of likely N-dealkylation sites (tertiary alicyclic amines) is 1. The highest BCUT2D eigenvalue weighted by Crippen LogP contribution is 2.34. The van der Waals surface area contributed by atoms with Crippen molar-refractivity contribution in [1.29, 1.82) is 5.26 Å². The van der Waals surface area contributed by atoms with Gasteiger partial charge in [0.2, 0.25) is 0 Å². The normalized spacial score (nSPS) is 22.6.